The molecule has 0 radical (unpaired) electrons. The van der Waals surface area contributed by atoms with Crippen molar-refractivity contribution in [3.8, 4) is 5.19 Å². The fourth-order valence-corrected chi connectivity index (χ4v) is 3.82. The molecule has 2 aromatic rings. The molecule has 25 heavy (non-hydrogen) atoms. The zero-order valence-corrected chi connectivity index (χ0v) is 15.2. The van der Waals surface area contributed by atoms with Gasteiger partial charge < -0.3 is 19.4 Å². The average Bonchev–Trinajstić information content (AvgIpc) is 3.16. The molecule has 1 aromatic heterocycles. The van der Waals surface area contributed by atoms with Gasteiger partial charge >= 0.3 is 0 Å². The zero-order valence-electron chi connectivity index (χ0n) is 14.4. The topological polar surface area (TPSA) is 73.2 Å². The number of ether oxygens (including phenoxy) is 3. The number of benzene rings is 1. The molecule has 3 rings (SSSR count). The van der Waals surface area contributed by atoms with Crippen LogP contribution in [0.4, 0.5) is 0 Å². The monoisotopic (exact) mass is 362 g/mol. The molecule has 2 heterocycles. The van der Waals surface area contributed by atoms with Gasteiger partial charge in [-0.3, -0.25) is 0 Å². The summed E-state index contributed by atoms with van der Waals surface area (Å²) in [6.45, 7) is 3.59. The normalized spacial score (nSPS) is 17.4. The van der Waals surface area contributed by atoms with Gasteiger partial charge in [0.05, 0.1) is 10.6 Å². The molecule has 1 N–H and O–H groups in total. The molecule has 0 bridgehead atoms. The standard InChI is InChI=1S/C18H22N2O4S/c1-13(20-21)15-5-3-14(4-6-15)12-24-17-19-11-16(25-17)18(22-2)7-9-23-10-8-18/h3-6,11,21H,7-10,12H2,1-2H3/b20-13-. The van der Waals surface area contributed by atoms with Crippen molar-refractivity contribution in [3.63, 3.8) is 0 Å². The maximum absolute atomic E-state index is 8.80. The van der Waals surface area contributed by atoms with E-state index in [1.165, 1.54) is 11.3 Å². The molecule has 0 aliphatic carbocycles. The van der Waals surface area contributed by atoms with Gasteiger partial charge in [0.25, 0.3) is 5.19 Å². The zero-order chi connectivity index (χ0) is 17.7. The van der Waals surface area contributed by atoms with Crippen molar-refractivity contribution in [2.24, 2.45) is 5.16 Å². The van der Waals surface area contributed by atoms with Crippen molar-refractivity contribution in [2.45, 2.75) is 32.0 Å². The Balaban J connectivity index is 1.63. The summed E-state index contributed by atoms with van der Waals surface area (Å²) in [5.41, 5.74) is 2.18. The van der Waals surface area contributed by atoms with Crippen LogP contribution in [0.5, 0.6) is 5.19 Å². The molecule has 0 saturated carbocycles. The maximum atomic E-state index is 8.80. The van der Waals surface area contributed by atoms with Gasteiger partial charge in [-0.2, -0.15) is 0 Å². The minimum Gasteiger partial charge on any atom is -0.465 e. The third-order valence-electron chi connectivity index (χ3n) is 4.51. The number of hydrogen-bond donors (Lipinski definition) is 1. The van der Waals surface area contributed by atoms with Crippen LogP contribution in [0.1, 0.15) is 35.8 Å². The molecule has 1 aliphatic heterocycles. The van der Waals surface area contributed by atoms with Crippen LogP contribution in [0.25, 0.3) is 0 Å². The lowest BCUT2D eigenvalue weighted by atomic mass is 9.93. The Morgan fingerprint density at radius 1 is 1.32 bits per heavy atom. The van der Waals surface area contributed by atoms with Crippen LogP contribution in [-0.2, 0) is 21.7 Å². The van der Waals surface area contributed by atoms with Crippen LogP contribution in [0.2, 0.25) is 0 Å². The quantitative estimate of drug-likeness (QED) is 0.483. The fraction of sp³-hybridized carbons (Fsp3) is 0.444. The molecule has 7 heteroatoms. The van der Waals surface area contributed by atoms with Gasteiger partial charge in [0.1, 0.15) is 12.2 Å². The summed E-state index contributed by atoms with van der Waals surface area (Å²) < 4.78 is 17.1. The molecular formula is C18H22N2O4S. The van der Waals surface area contributed by atoms with Crippen LogP contribution < -0.4 is 4.74 Å². The van der Waals surface area contributed by atoms with E-state index >= 15 is 0 Å². The second-order valence-corrected chi connectivity index (χ2v) is 6.97. The van der Waals surface area contributed by atoms with E-state index in [2.05, 4.69) is 10.1 Å². The molecule has 1 aromatic carbocycles. The predicted octanol–water partition coefficient (Wildman–Crippen LogP) is 3.57. The van der Waals surface area contributed by atoms with Crippen molar-refractivity contribution in [1.29, 1.82) is 0 Å². The molecule has 0 unspecified atom stereocenters. The van der Waals surface area contributed by atoms with Crippen molar-refractivity contribution in [1.82, 2.24) is 4.98 Å². The van der Waals surface area contributed by atoms with Crippen LogP contribution in [0.15, 0.2) is 35.6 Å². The number of hydrogen-bond acceptors (Lipinski definition) is 7. The molecule has 6 nitrogen and oxygen atoms in total. The van der Waals surface area contributed by atoms with Gasteiger partial charge in [-0.1, -0.05) is 40.8 Å². The minimum absolute atomic E-state index is 0.305. The summed E-state index contributed by atoms with van der Waals surface area (Å²) >= 11 is 1.53. The lowest BCUT2D eigenvalue weighted by Crippen LogP contribution is -2.34. The van der Waals surface area contributed by atoms with Crippen molar-refractivity contribution in [3.05, 3.63) is 46.5 Å². The summed E-state index contributed by atoms with van der Waals surface area (Å²) in [7, 11) is 1.74. The van der Waals surface area contributed by atoms with E-state index in [1.807, 2.05) is 30.5 Å². The number of aromatic nitrogens is 1. The molecule has 0 spiro atoms. The van der Waals surface area contributed by atoms with E-state index in [9.17, 15) is 0 Å². The molecular weight excluding hydrogens is 340 g/mol. The first-order chi connectivity index (χ1) is 12.2. The third-order valence-corrected chi connectivity index (χ3v) is 5.60. The summed E-state index contributed by atoms with van der Waals surface area (Å²) in [6.07, 6.45) is 3.51. The second-order valence-electron chi connectivity index (χ2n) is 5.97. The Morgan fingerprint density at radius 3 is 2.68 bits per heavy atom. The van der Waals surface area contributed by atoms with E-state index < -0.39 is 0 Å². The Hall–Kier alpha value is -1.96. The van der Waals surface area contributed by atoms with Gasteiger partial charge in [-0.15, -0.1) is 0 Å². The predicted molar refractivity (Wildman–Crippen MR) is 95.6 cm³/mol. The van der Waals surface area contributed by atoms with E-state index in [0.717, 1.165) is 28.8 Å². The molecule has 0 atom stereocenters. The van der Waals surface area contributed by atoms with Crippen LogP contribution >= 0.6 is 11.3 Å². The lowest BCUT2D eigenvalue weighted by Gasteiger charge is -2.34. The Morgan fingerprint density at radius 2 is 2.04 bits per heavy atom. The highest BCUT2D eigenvalue weighted by Gasteiger charge is 2.36. The van der Waals surface area contributed by atoms with Crippen molar-refractivity contribution < 1.29 is 19.4 Å². The highest BCUT2D eigenvalue weighted by atomic mass is 32.1. The minimum atomic E-state index is -0.305. The van der Waals surface area contributed by atoms with Crippen LogP contribution in [0, 0.1) is 0 Å². The van der Waals surface area contributed by atoms with E-state index in [1.54, 1.807) is 14.0 Å². The molecule has 1 saturated heterocycles. The van der Waals surface area contributed by atoms with E-state index in [-0.39, 0.29) is 5.60 Å². The summed E-state index contributed by atoms with van der Waals surface area (Å²) in [5.74, 6) is 0. The number of oxime groups is 1. The van der Waals surface area contributed by atoms with Crippen LogP contribution in [0.3, 0.4) is 0 Å². The lowest BCUT2D eigenvalue weighted by molar-refractivity contribution is -0.0926. The SMILES string of the molecule is COC1(c2cnc(OCc3ccc(/C(C)=N\O)cc3)s2)CCOCC1. The maximum Gasteiger partial charge on any atom is 0.273 e. The number of thiazole rings is 1. The van der Waals surface area contributed by atoms with Gasteiger partial charge in [-0.25, -0.2) is 4.98 Å². The van der Waals surface area contributed by atoms with Crippen molar-refractivity contribution >= 4 is 17.0 Å². The number of nitrogens with zero attached hydrogens (tertiary/aromatic N) is 2. The van der Waals surface area contributed by atoms with Crippen molar-refractivity contribution in [2.75, 3.05) is 20.3 Å². The smallest absolute Gasteiger partial charge is 0.273 e. The summed E-state index contributed by atoms with van der Waals surface area (Å²) in [6, 6.07) is 7.72. The number of methoxy groups -OCH3 is 1. The second kappa shape index (κ2) is 7.95. The first-order valence-corrected chi connectivity index (χ1v) is 8.98. The van der Waals surface area contributed by atoms with Gasteiger partial charge in [0.15, 0.2) is 0 Å². The van der Waals surface area contributed by atoms with Gasteiger partial charge in [0, 0.05) is 39.4 Å². The fourth-order valence-electron chi connectivity index (χ4n) is 2.83. The molecule has 0 amide bonds. The Kier molecular flexibility index (Phi) is 5.67. The van der Waals surface area contributed by atoms with E-state index in [0.29, 0.717) is 30.7 Å². The van der Waals surface area contributed by atoms with Crippen LogP contribution in [-0.4, -0.2) is 36.2 Å². The van der Waals surface area contributed by atoms with Gasteiger partial charge in [-0.05, 0) is 18.1 Å². The largest absolute Gasteiger partial charge is 0.465 e. The highest BCUT2D eigenvalue weighted by Crippen LogP contribution is 2.40. The Labute approximate surface area is 151 Å². The summed E-state index contributed by atoms with van der Waals surface area (Å²) in [4.78, 5) is 5.46. The summed E-state index contributed by atoms with van der Waals surface area (Å²) in [5, 5.41) is 12.6. The first kappa shape index (κ1) is 17.8. The van der Waals surface area contributed by atoms with E-state index in [4.69, 9.17) is 19.4 Å². The molecule has 1 aliphatic rings. The van der Waals surface area contributed by atoms with Gasteiger partial charge in [0.2, 0.25) is 0 Å². The number of rotatable bonds is 6. The Bertz CT molecular complexity index is 721. The third kappa shape index (κ3) is 4.00. The molecule has 1 fully saturated rings. The average molecular weight is 362 g/mol. The highest BCUT2D eigenvalue weighted by molar-refractivity contribution is 7.13. The molecule has 134 valence electrons. The first-order valence-electron chi connectivity index (χ1n) is 8.17.